The third-order valence-electron chi connectivity index (χ3n) is 6.01. The average molecular weight is 539 g/mol. The summed E-state index contributed by atoms with van der Waals surface area (Å²) in [4.78, 5) is 63.9. The molecular formula is C29H38N4O6. The molecule has 3 N–H and O–H groups in total. The highest BCUT2D eigenvalue weighted by Crippen LogP contribution is 2.09. The molecule has 2 rings (SSSR count). The molecule has 0 aromatic heterocycles. The van der Waals surface area contributed by atoms with Crippen LogP contribution in [0, 0.1) is 5.92 Å². The van der Waals surface area contributed by atoms with Gasteiger partial charge in [0.05, 0.1) is 6.04 Å². The number of ether oxygens (including phenoxy) is 1. The molecule has 10 heteroatoms. The molecule has 39 heavy (non-hydrogen) atoms. The van der Waals surface area contributed by atoms with Gasteiger partial charge in [-0.05, 0) is 23.5 Å². The molecule has 0 heterocycles. The molecule has 2 aromatic rings. The molecule has 0 aliphatic heterocycles. The lowest BCUT2D eigenvalue weighted by atomic mass is 10.0. The van der Waals surface area contributed by atoms with Crippen LogP contribution in [0.4, 0.5) is 4.79 Å². The van der Waals surface area contributed by atoms with Crippen molar-refractivity contribution in [3.8, 4) is 0 Å². The second-order valence-corrected chi connectivity index (χ2v) is 9.76. The molecule has 0 aliphatic carbocycles. The molecule has 0 saturated heterocycles. The molecule has 4 amide bonds. The van der Waals surface area contributed by atoms with Crippen LogP contribution in [0.5, 0.6) is 0 Å². The van der Waals surface area contributed by atoms with E-state index in [0.29, 0.717) is 6.29 Å². The van der Waals surface area contributed by atoms with Crippen LogP contribution in [-0.2, 0) is 36.9 Å². The van der Waals surface area contributed by atoms with E-state index in [1.54, 1.807) is 27.9 Å². The number of hydrogen-bond acceptors (Lipinski definition) is 6. The Kier molecular flexibility index (Phi) is 12.6. The van der Waals surface area contributed by atoms with Crippen LogP contribution in [-0.4, -0.2) is 67.2 Å². The topological polar surface area (TPSA) is 134 Å². The van der Waals surface area contributed by atoms with E-state index in [-0.39, 0.29) is 37.7 Å². The predicted molar refractivity (Wildman–Crippen MR) is 146 cm³/mol. The minimum atomic E-state index is -1.03. The normalized spacial score (nSPS) is 12.9. The Labute approximate surface area is 229 Å². The quantitative estimate of drug-likeness (QED) is 0.316. The Balaban J connectivity index is 2.10. The molecule has 0 spiro atoms. The third-order valence-corrected chi connectivity index (χ3v) is 6.01. The minimum absolute atomic E-state index is 0.0432. The van der Waals surface area contributed by atoms with Gasteiger partial charge in [-0.15, -0.1) is 0 Å². The summed E-state index contributed by atoms with van der Waals surface area (Å²) in [6.07, 6.45) is 0.176. The lowest BCUT2D eigenvalue weighted by Crippen LogP contribution is -2.57. The van der Waals surface area contributed by atoms with Gasteiger partial charge in [0.2, 0.25) is 17.7 Å². The maximum absolute atomic E-state index is 13.3. The van der Waals surface area contributed by atoms with Gasteiger partial charge in [0, 0.05) is 26.9 Å². The maximum Gasteiger partial charge on any atom is 0.408 e. The molecule has 3 atom stereocenters. The van der Waals surface area contributed by atoms with Crippen LogP contribution in [0.25, 0.3) is 0 Å². The van der Waals surface area contributed by atoms with E-state index in [0.717, 1.165) is 11.1 Å². The Bertz CT molecular complexity index is 1090. The van der Waals surface area contributed by atoms with Gasteiger partial charge in [-0.3, -0.25) is 14.4 Å². The predicted octanol–water partition coefficient (Wildman–Crippen LogP) is 2.22. The first-order valence-corrected chi connectivity index (χ1v) is 12.9. The molecule has 0 aliphatic rings. The SMILES string of the molecule is CC(C)[C@H](NC(=O)OCc1ccccc1)C(=O)N[C@@H](Cc1ccccc1)C(=O)N[C@H](C=O)CCC(=O)N(C)C. The van der Waals surface area contributed by atoms with E-state index in [1.807, 2.05) is 60.7 Å². The van der Waals surface area contributed by atoms with Crippen molar-refractivity contribution in [2.24, 2.45) is 5.92 Å². The first-order valence-electron chi connectivity index (χ1n) is 12.9. The Hall–Kier alpha value is -4.21. The van der Waals surface area contributed by atoms with Gasteiger partial charge in [0.25, 0.3) is 0 Å². The number of carbonyl (C=O) groups excluding carboxylic acids is 5. The van der Waals surface area contributed by atoms with Crippen LogP contribution in [0.15, 0.2) is 60.7 Å². The summed E-state index contributed by atoms with van der Waals surface area (Å²) in [6.45, 7) is 3.57. The number of rotatable bonds is 14. The number of nitrogens with one attached hydrogen (secondary N) is 3. The summed E-state index contributed by atoms with van der Waals surface area (Å²) in [5, 5.41) is 7.94. The smallest absolute Gasteiger partial charge is 0.408 e. The van der Waals surface area contributed by atoms with E-state index >= 15 is 0 Å². The number of amides is 4. The number of carbonyl (C=O) groups is 5. The van der Waals surface area contributed by atoms with Crippen LogP contribution in [0.1, 0.15) is 37.8 Å². The highest BCUT2D eigenvalue weighted by molar-refractivity contribution is 5.92. The highest BCUT2D eigenvalue weighted by Gasteiger charge is 2.30. The van der Waals surface area contributed by atoms with Crippen LogP contribution < -0.4 is 16.0 Å². The lowest BCUT2D eigenvalue weighted by molar-refractivity contribution is -0.132. The van der Waals surface area contributed by atoms with Crippen molar-refractivity contribution in [3.63, 3.8) is 0 Å². The average Bonchev–Trinajstić information content (AvgIpc) is 2.92. The molecule has 0 bridgehead atoms. The second-order valence-electron chi connectivity index (χ2n) is 9.76. The first kappa shape index (κ1) is 31.0. The molecule has 0 unspecified atom stereocenters. The number of aldehydes is 1. The zero-order valence-corrected chi connectivity index (χ0v) is 22.9. The maximum atomic E-state index is 13.3. The number of alkyl carbamates (subject to hydrolysis) is 1. The monoisotopic (exact) mass is 538 g/mol. The molecule has 0 radical (unpaired) electrons. The van der Waals surface area contributed by atoms with E-state index < -0.39 is 36.0 Å². The van der Waals surface area contributed by atoms with Crippen molar-refractivity contribution < 1.29 is 28.7 Å². The van der Waals surface area contributed by atoms with Crippen molar-refractivity contribution in [2.45, 2.75) is 57.8 Å². The Morgan fingerprint density at radius 2 is 1.44 bits per heavy atom. The highest BCUT2D eigenvalue weighted by atomic mass is 16.5. The van der Waals surface area contributed by atoms with Crippen molar-refractivity contribution in [1.29, 1.82) is 0 Å². The van der Waals surface area contributed by atoms with Gasteiger partial charge in [-0.1, -0.05) is 74.5 Å². The van der Waals surface area contributed by atoms with E-state index in [9.17, 15) is 24.0 Å². The van der Waals surface area contributed by atoms with Crippen molar-refractivity contribution in [2.75, 3.05) is 14.1 Å². The summed E-state index contributed by atoms with van der Waals surface area (Å²) in [5.41, 5.74) is 1.59. The molecule has 10 nitrogen and oxygen atoms in total. The van der Waals surface area contributed by atoms with E-state index in [2.05, 4.69) is 16.0 Å². The standard InChI is InChI=1S/C29H38N4O6/c1-20(2)26(32-29(38)39-19-22-13-9-6-10-14-22)28(37)31-24(17-21-11-7-5-8-12-21)27(36)30-23(18-34)15-16-25(35)33(3)4/h5-14,18,20,23-24,26H,15-17,19H2,1-4H3,(H,30,36)(H,31,37)(H,32,38)/t23-,24-,26-/m0/s1. The lowest BCUT2D eigenvalue weighted by Gasteiger charge is -2.26. The van der Waals surface area contributed by atoms with Crippen molar-refractivity contribution >= 4 is 30.1 Å². The number of hydrogen-bond donors (Lipinski definition) is 3. The summed E-state index contributed by atoms with van der Waals surface area (Å²) in [5.74, 6) is -1.62. The number of benzene rings is 2. The van der Waals surface area contributed by atoms with Crippen LogP contribution in [0.3, 0.4) is 0 Å². The summed E-state index contributed by atoms with van der Waals surface area (Å²) < 4.78 is 5.26. The van der Waals surface area contributed by atoms with Crippen molar-refractivity contribution in [1.82, 2.24) is 20.9 Å². The fourth-order valence-electron chi connectivity index (χ4n) is 3.71. The fourth-order valence-corrected chi connectivity index (χ4v) is 3.71. The second kappa shape index (κ2) is 15.9. The van der Waals surface area contributed by atoms with Gasteiger partial charge in [-0.25, -0.2) is 4.79 Å². The van der Waals surface area contributed by atoms with Crippen LogP contribution in [0.2, 0.25) is 0 Å². The molecule has 0 saturated carbocycles. The summed E-state index contributed by atoms with van der Waals surface area (Å²) >= 11 is 0. The zero-order valence-electron chi connectivity index (χ0n) is 22.9. The Morgan fingerprint density at radius 3 is 1.97 bits per heavy atom. The van der Waals surface area contributed by atoms with Gasteiger partial charge >= 0.3 is 6.09 Å². The third kappa shape index (κ3) is 11.0. The van der Waals surface area contributed by atoms with Gasteiger partial charge in [0.15, 0.2) is 0 Å². The fraction of sp³-hybridized carbons (Fsp3) is 0.414. The first-order chi connectivity index (χ1) is 18.6. The summed E-state index contributed by atoms with van der Waals surface area (Å²) in [7, 11) is 3.22. The largest absolute Gasteiger partial charge is 0.445 e. The summed E-state index contributed by atoms with van der Waals surface area (Å²) in [6, 6.07) is 15.3. The van der Waals surface area contributed by atoms with Gasteiger partial charge in [-0.2, -0.15) is 0 Å². The zero-order chi connectivity index (χ0) is 28.8. The molecule has 0 fully saturated rings. The van der Waals surface area contributed by atoms with Crippen molar-refractivity contribution in [3.05, 3.63) is 71.8 Å². The number of nitrogens with zero attached hydrogens (tertiary/aromatic N) is 1. The minimum Gasteiger partial charge on any atom is -0.445 e. The van der Waals surface area contributed by atoms with Gasteiger partial charge in [0.1, 0.15) is 25.0 Å². The van der Waals surface area contributed by atoms with Gasteiger partial charge < -0.3 is 30.4 Å². The molecule has 210 valence electrons. The van der Waals surface area contributed by atoms with E-state index in [1.165, 1.54) is 4.90 Å². The van der Waals surface area contributed by atoms with Crippen LogP contribution >= 0.6 is 0 Å². The molecular weight excluding hydrogens is 500 g/mol. The molecule has 2 aromatic carbocycles. The van der Waals surface area contributed by atoms with E-state index in [4.69, 9.17) is 4.74 Å². The Morgan fingerprint density at radius 1 is 0.846 bits per heavy atom.